The van der Waals surface area contributed by atoms with Crippen molar-refractivity contribution < 1.29 is 26.9 Å². The number of ether oxygens (including phenoxy) is 1. The van der Waals surface area contributed by atoms with E-state index in [-0.39, 0.29) is 0 Å². The predicted octanol–water partition coefficient (Wildman–Crippen LogP) is 9.51. The Labute approximate surface area is 219 Å². The molecule has 0 bridgehead atoms. The van der Waals surface area contributed by atoms with Gasteiger partial charge >= 0.3 is 12.1 Å². The van der Waals surface area contributed by atoms with E-state index in [2.05, 4.69) is 6.92 Å². The second-order valence-electron chi connectivity index (χ2n) is 8.85. The highest BCUT2D eigenvalue weighted by Gasteiger charge is 2.47. The van der Waals surface area contributed by atoms with Crippen LogP contribution in [0.2, 0.25) is 0 Å². The van der Waals surface area contributed by atoms with Crippen LogP contribution in [0, 0.1) is 0 Å². The summed E-state index contributed by atoms with van der Waals surface area (Å²) in [5.74, 6) is -1.59. The van der Waals surface area contributed by atoms with Crippen molar-refractivity contribution in [2.75, 3.05) is 6.61 Å². The van der Waals surface area contributed by atoms with E-state index in [0.29, 0.717) is 27.0 Å². The zero-order valence-electron chi connectivity index (χ0n) is 21.2. The summed E-state index contributed by atoms with van der Waals surface area (Å²) in [6.45, 7) is 2.79. The van der Waals surface area contributed by atoms with Crippen LogP contribution in [0.5, 0.6) is 5.75 Å². The molecule has 0 saturated carbocycles. The third-order valence-electron chi connectivity index (χ3n) is 6.00. The summed E-state index contributed by atoms with van der Waals surface area (Å²) < 4.78 is 51.6. The highest BCUT2D eigenvalue weighted by molar-refractivity contribution is 8.30. The van der Waals surface area contributed by atoms with Gasteiger partial charge in [-0.05, 0) is 65.3 Å². The minimum absolute atomic E-state index is 0.474. The maximum Gasteiger partial charge on any atom is 0.491 e. The molecule has 0 radical (unpaired) electrons. The summed E-state index contributed by atoms with van der Waals surface area (Å²) in [5, 5.41) is 0. The molecule has 0 aliphatic heterocycles. The monoisotopic (exact) mass is 532 g/mol. The number of hydrogen-bond acceptors (Lipinski definition) is 3. The van der Waals surface area contributed by atoms with Gasteiger partial charge in [-0.15, -0.1) is 0 Å². The Balaban J connectivity index is 1.80. The van der Waals surface area contributed by atoms with Crippen LogP contribution in [-0.4, -0.2) is 18.8 Å². The van der Waals surface area contributed by atoms with Crippen molar-refractivity contribution in [2.24, 2.45) is 0 Å². The first-order valence-electron chi connectivity index (χ1n) is 12.8. The molecule has 7 heteroatoms. The number of halogens is 3. The molecular weight excluding hydrogens is 497 g/mol. The van der Waals surface area contributed by atoms with Crippen LogP contribution in [-0.2, 0) is 8.98 Å². The molecule has 0 amide bonds. The lowest BCUT2D eigenvalue weighted by atomic mass is 10.1. The van der Waals surface area contributed by atoms with Crippen LogP contribution < -0.4 is 4.74 Å². The molecule has 0 spiro atoms. The third kappa shape index (κ3) is 8.03. The smallest absolute Gasteiger partial charge is 0.491 e. The first-order chi connectivity index (χ1) is 17.9. The number of hydrogen-bond donors (Lipinski definition) is 0. The predicted molar refractivity (Wildman–Crippen MR) is 142 cm³/mol. The van der Waals surface area contributed by atoms with Crippen molar-refractivity contribution in [2.45, 2.75) is 79.2 Å². The molecule has 3 rings (SSSR count). The lowest BCUT2D eigenvalue weighted by Crippen LogP contribution is -2.27. The summed E-state index contributed by atoms with van der Waals surface area (Å²) in [4.78, 5) is 13.7. The zero-order chi connectivity index (χ0) is 26.6. The molecule has 0 heterocycles. The highest BCUT2D eigenvalue weighted by Crippen LogP contribution is 2.69. The first-order valence-corrected chi connectivity index (χ1v) is 14.4. The molecule has 0 unspecified atom stereocenters. The number of benzene rings is 3. The molecule has 0 aliphatic carbocycles. The summed E-state index contributed by atoms with van der Waals surface area (Å²) >= 11 is 0. The van der Waals surface area contributed by atoms with Crippen LogP contribution >= 0.6 is 10.3 Å². The molecular formula is C30H35F3O3S. The normalized spacial score (nSPS) is 12.2. The second-order valence-corrected chi connectivity index (χ2v) is 11.5. The SMILES string of the molecule is CCCCCCCCCCOc1ccc(S(OC(=O)C(F)(F)F)(c2ccccc2)c2ccccc2)cc1. The van der Waals surface area contributed by atoms with Gasteiger partial charge in [-0.2, -0.15) is 13.2 Å². The molecule has 0 aliphatic rings. The highest BCUT2D eigenvalue weighted by atomic mass is 32.3. The van der Waals surface area contributed by atoms with Crippen LogP contribution in [0.25, 0.3) is 0 Å². The average Bonchev–Trinajstić information content (AvgIpc) is 2.91. The Morgan fingerprint density at radius 1 is 0.676 bits per heavy atom. The Bertz CT molecular complexity index is 1030. The van der Waals surface area contributed by atoms with Gasteiger partial charge in [0.25, 0.3) is 0 Å². The lowest BCUT2D eigenvalue weighted by molar-refractivity contribution is -0.188. The molecule has 3 aromatic carbocycles. The largest absolute Gasteiger partial charge is 0.494 e. The van der Waals surface area contributed by atoms with Crippen LogP contribution in [0.4, 0.5) is 13.2 Å². The van der Waals surface area contributed by atoms with Gasteiger partial charge < -0.3 is 8.92 Å². The van der Waals surface area contributed by atoms with E-state index < -0.39 is 22.5 Å². The van der Waals surface area contributed by atoms with Gasteiger partial charge in [-0.1, -0.05) is 88.3 Å². The molecule has 0 N–H and O–H groups in total. The summed E-state index contributed by atoms with van der Waals surface area (Å²) in [5.41, 5.74) is 0. The molecule has 0 aromatic heterocycles. The topological polar surface area (TPSA) is 35.5 Å². The Hall–Kier alpha value is -2.93. The number of rotatable bonds is 14. The van der Waals surface area contributed by atoms with E-state index in [0.717, 1.165) is 12.8 Å². The van der Waals surface area contributed by atoms with Crippen LogP contribution in [0.1, 0.15) is 58.3 Å². The Morgan fingerprint density at radius 2 is 1.14 bits per heavy atom. The van der Waals surface area contributed by atoms with E-state index in [1.165, 1.54) is 38.5 Å². The van der Waals surface area contributed by atoms with Crippen molar-refractivity contribution in [3.8, 4) is 5.75 Å². The van der Waals surface area contributed by atoms with Gasteiger partial charge in [-0.3, -0.25) is 0 Å². The minimum Gasteiger partial charge on any atom is -0.494 e. The quantitative estimate of drug-likeness (QED) is 0.194. The number of carbonyl (C=O) groups is 1. The maximum absolute atomic E-state index is 13.4. The molecule has 0 fully saturated rings. The minimum atomic E-state index is -5.12. The van der Waals surface area contributed by atoms with Crippen LogP contribution in [0.3, 0.4) is 0 Å². The number of alkyl halides is 3. The molecule has 0 saturated heterocycles. The Morgan fingerprint density at radius 3 is 1.62 bits per heavy atom. The standard InChI is InChI=1S/C30H35F3O3S/c1-2-3-4-5-6-7-8-15-24-35-25-20-22-28(23-21-25)37(26-16-11-9-12-17-26,27-18-13-10-14-19-27)36-29(34)30(31,32)33/h9-14,16-23H,2-8,15,24H2,1H3. The van der Waals surface area contributed by atoms with Gasteiger partial charge in [0.05, 0.1) is 6.61 Å². The van der Waals surface area contributed by atoms with Crippen LogP contribution in [0.15, 0.2) is 99.6 Å². The maximum atomic E-state index is 13.4. The van der Waals surface area contributed by atoms with Crippen molar-refractivity contribution in [3.05, 3.63) is 84.9 Å². The summed E-state index contributed by atoms with van der Waals surface area (Å²) in [6, 6.07) is 24.1. The molecule has 200 valence electrons. The van der Waals surface area contributed by atoms with Crippen molar-refractivity contribution in [1.29, 1.82) is 0 Å². The fourth-order valence-electron chi connectivity index (χ4n) is 4.09. The molecule has 3 aromatic rings. The zero-order valence-corrected chi connectivity index (χ0v) is 22.0. The van der Waals surface area contributed by atoms with Gasteiger partial charge in [0.2, 0.25) is 0 Å². The summed E-state index contributed by atoms with van der Waals surface area (Å²) in [6.07, 6.45) is 4.49. The van der Waals surface area contributed by atoms with E-state index in [1.54, 1.807) is 84.9 Å². The molecule has 3 nitrogen and oxygen atoms in total. The second kappa shape index (κ2) is 14.1. The van der Waals surface area contributed by atoms with E-state index in [4.69, 9.17) is 8.92 Å². The van der Waals surface area contributed by atoms with Crippen molar-refractivity contribution >= 4 is 16.3 Å². The van der Waals surface area contributed by atoms with E-state index >= 15 is 0 Å². The van der Waals surface area contributed by atoms with Gasteiger partial charge in [0.1, 0.15) is 5.75 Å². The van der Waals surface area contributed by atoms with Gasteiger partial charge in [-0.25, -0.2) is 4.79 Å². The Kier molecular flexibility index (Phi) is 10.9. The third-order valence-corrected chi connectivity index (χ3v) is 9.21. The number of carbonyl (C=O) groups excluding carboxylic acids is 1. The fourth-order valence-corrected chi connectivity index (χ4v) is 7.12. The fraction of sp³-hybridized carbons (Fsp3) is 0.367. The van der Waals surface area contributed by atoms with Gasteiger partial charge in [0.15, 0.2) is 0 Å². The van der Waals surface area contributed by atoms with Crippen molar-refractivity contribution in [3.63, 3.8) is 0 Å². The molecule has 37 heavy (non-hydrogen) atoms. The van der Waals surface area contributed by atoms with E-state index in [9.17, 15) is 18.0 Å². The lowest BCUT2D eigenvalue weighted by Gasteiger charge is -2.39. The number of unbranched alkanes of at least 4 members (excludes halogenated alkanes) is 7. The summed E-state index contributed by atoms with van der Waals surface area (Å²) in [7, 11) is -3.00. The molecule has 0 atom stereocenters. The van der Waals surface area contributed by atoms with Crippen molar-refractivity contribution in [1.82, 2.24) is 0 Å². The van der Waals surface area contributed by atoms with Gasteiger partial charge in [0, 0.05) is 14.7 Å². The first kappa shape index (κ1) is 28.6. The average molecular weight is 533 g/mol. The van der Waals surface area contributed by atoms with E-state index in [1.807, 2.05) is 0 Å².